The second kappa shape index (κ2) is 6.04. The topological polar surface area (TPSA) is 32.5 Å². The van der Waals surface area contributed by atoms with Crippen LogP contribution < -0.4 is 5.73 Å². The molecule has 1 fully saturated rings. The molecule has 104 valence electrons. The normalized spacial score (nSPS) is 20.7. The van der Waals surface area contributed by atoms with Crippen LogP contribution in [-0.4, -0.2) is 49.1 Å². The molecule has 0 spiro atoms. The van der Waals surface area contributed by atoms with E-state index in [0.717, 1.165) is 19.6 Å². The first-order valence-electron chi connectivity index (χ1n) is 7.60. The first-order chi connectivity index (χ1) is 9.35. The Morgan fingerprint density at radius 3 is 2.47 bits per heavy atom. The van der Waals surface area contributed by atoms with Crippen LogP contribution in [0.2, 0.25) is 0 Å². The van der Waals surface area contributed by atoms with E-state index in [1.807, 2.05) is 0 Å². The Bertz CT molecular complexity index is 422. The van der Waals surface area contributed by atoms with Crippen LogP contribution in [0.4, 0.5) is 0 Å². The molecule has 0 radical (unpaired) electrons. The van der Waals surface area contributed by atoms with Crippen molar-refractivity contribution in [2.24, 2.45) is 5.73 Å². The second-order valence-electron chi connectivity index (χ2n) is 5.86. The van der Waals surface area contributed by atoms with Crippen molar-refractivity contribution in [3.63, 3.8) is 0 Å². The number of nitrogens with zero attached hydrogens (tertiary/aromatic N) is 2. The molecule has 2 aliphatic rings. The van der Waals surface area contributed by atoms with E-state index in [9.17, 15) is 0 Å². The molecule has 3 rings (SSSR count). The largest absolute Gasteiger partial charge is 0.329 e. The summed E-state index contributed by atoms with van der Waals surface area (Å²) in [6.45, 7) is 7.64. The van der Waals surface area contributed by atoms with Crippen molar-refractivity contribution in [1.29, 1.82) is 0 Å². The standard InChI is InChI=1S/C16H25N3/c17-6-7-18-8-10-19(11-9-18)13-14-4-5-15-2-1-3-16(15)12-14/h4-5,12H,1-3,6-11,13,17H2. The van der Waals surface area contributed by atoms with Crippen LogP contribution in [0.1, 0.15) is 23.1 Å². The van der Waals surface area contributed by atoms with Gasteiger partial charge in [-0.3, -0.25) is 9.80 Å². The van der Waals surface area contributed by atoms with Gasteiger partial charge in [-0.2, -0.15) is 0 Å². The Morgan fingerprint density at radius 1 is 0.947 bits per heavy atom. The molecule has 0 bridgehead atoms. The predicted molar refractivity (Wildman–Crippen MR) is 79.2 cm³/mol. The van der Waals surface area contributed by atoms with Gasteiger partial charge in [-0.15, -0.1) is 0 Å². The van der Waals surface area contributed by atoms with Crippen molar-refractivity contribution < 1.29 is 0 Å². The monoisotopic (exact) mass is 259 g/mol. The highest BCUT2D eigenvalue weighted by atomic mass is 15.3. The molecule has 0 atom stereocenters. The van der Waals surface area contributed by atoms with Crippen molar-refractivity contribution in [3.8, 4) is 0 Å². The SMILES string of the molecule is NCCN1CCN(Cc2ccc3c(c2)CCC3)CC1. The lowest BCUT2D eigenvalue weighted by Crippen LogP contribution is -2.47. The van der Waals surface area contributed by atoms with Crippen LogP contribution in [0.3, 0.4) is 0 Å². The van der Waals surface area contributed by atoms with E-state index in [1.165, 1.54) is 51.0 Å². The van der Waals surface area contributed by atoms with Crippen molar-refractivity contribution in [1.82, 2.24) is 9.80 Å². The molecule has 1 aromatic carbocycles. The average molecular weight is 259 g/mol. The average Bonchev–Trinajstić information content (AvgIpc) is 2.89. The van der Waals surface area contributed by atoms with E-state index < -0.39 is 0 Å². The van der Waals surface area contributed by atoms with E-state index in [0.29, 0.717) is 0 Å². The molecule has 19 heavy (non-hydrogen) atoms. The van der Waals surface area contributed by atoms with Gasteiger partial charge in [-0.05, 0) is 36.0 Å². The third kappa shape index (κ3) is 3.16. The molecule has 0 unspecified atom stereocenters. The van der Waals surface area contributed by atoms with Crippen LogP contribution in [0.15, 0.2) is 18.2 Å². The van der Waals surface area contributed by atoms with Gasteiger partial charge < -0.3 is 5.73 Å². The molecule has 0 aromatic heterocycles. The summed E-state index contributed by atoms with van der Waals surface area (Å²) >= 11 is 0. The Balaban J connectivity index is 1.55. The fraction of sp³-hybridized carbons (Fsp3) is 0.625. The third-order valence-electron chi connectivity index (χ3n) is 4.48. The lowest BCUT2D eigenvalue weighted by molar-refractivity contribution is 0.130. The molecule has 1 aliphatic heterocycles. The summed E-state index contributed by atoms with van der Waals surface area (Å²) in [5.74, 6) is 0. The molecule has 1 aliphatic carbocycles. The van der Waals surface area contributed by atoms with Gasteiger partial charge in [-0.25, -0.2) is 0 Å². The summed E-state index contributed by atoms with van der Waals surface area (Å²) < 4.78 is 0. The first kappa shape index (κ1) is 13.1. The number of hydrogen-bond acceptors (Lipinski definition) is 3. The Labute approximate surface area is 116 Å². The molecule has 1 saturated heterocycles. The fourth-order valence-corrected chi connectivity index (χ4v) is 3.34. The molecule has 1 heterocycles. The van der Waals surface area contributed by atoms with Gasteiger partial charge in [0.25, 0.3) is 0 Å². The number of nitrogens with two attached hydrogens (primary N) is 1. The number of benzene rings is 1. The van der Waals surface area contributed by atoms with Crippen LogP contribution in [0.25, 0.3) is 0 Å². The Hall–Kier alpha value is -0.900. The maximum atomic E-state index is 5.61. The lowest BCUT2D eigenvalue weighted by atomic mass is 10.1. The third-order valence-corrected chi connectivity index (χ3v) is 4.48. The van der Waals surface area contributed by atoms with Crippen molar-refractivity contribution >= 4 is 0 Å². The summed E-state index contributed by atoms with van der Waals surface area (Å²) in [6, 6.07) is 7.12. The molecule has 2 N–H and O–H groups in total. The first-order valence-corrected chi connectivity index (χ1v) is 7.60. The van der Waals surface area contributed by atoms with Crippen LogP contribution in [-0.2, 0) is 19.4 Å². The van der Waals surface area contributed by atoms with Gasteiger partial charge in [0.2, 0.25) is 0 Å². The summed E-state index contributed by atoms with van der Waals surface area (Å²) in [7, 11) is 0. The second-order valence-corrected chi connectivity index (χ2v) is 5.86. The zero-order valence-corrected chi connectivity index (χ0v) is 11.8. The maximum absolute atomic E-state index is 5.61. The fourth-order valence-electron chi connectivity index (χ4n) is 3.34. The summed E-state index contributed by atoms with van der Waals surface area (Å²) in [5.41, 5.74) is 10.3. The number of hydrogen-bond donors (Lipinski definition) is 1. The highest BCUT2D eigenvalue weighted by Gasteiger charge is 2.17. The molecular formula is C16H25N3. The molecular weight excluding hydrogens is 234 g/mol. The Morgan fingerprint density at radius 2 is 1.68 bits per heavy atom. The number of fused-ring (bicyclic) bond motifs is 1. The minimum Gasteiger partial charge on any atom is -0.329 e. The number of piperazine rings is 1. The van der Waals surface area contributed by atoms with Gasteiger partial charge >= 0.3 is 0 Å². The van der Waals surface area contributed by atoms with Gasteiger partial charge in [0.1, 0.15) is 0 Å². The molecule has 0 saturated carbocycles. The zero-order valence-electron chi connectivity index (χ0n) is 11.8. The molecule has 0 amide bonds. The van der Waals surface area contributed by atoms with Gasteiger partial charge in [0, 0.05) is 45.8 Å². The molecule has 1 aromatic rings. The maximum Gasteiger partial charge on any atom is 0.0234 e. The Kier molecular flexibility index (Phi) is 4.16. The van der Waals surface area contributed by atoms with Crippen molar-refractivity contribution in [3.05, 3.63) is 34.9 Å². The highest BCUT2D eigenvalue weighted by molar-refractivity contribution is 5.35. The van der Waals surface area contributed by atoms with Crippen LogP contribution >= 0.6 is 0 Å². The molecule has 3 nitrogen and oxygen atoms in total. The van der Waals surface area contributed by atoms with Gasteiger partial charge in [0.05, 0.1) is 0 Å². The lowest BCUT2D eigenvalue weighted by Gasteiger charge is -2.34. The smallest absolute Gasteiger partial charge is 0.0234 e. The minimum absolute atomic E-state index is 0.783. The molecule has 3 heteroatoms. The van der Waals surface area contributed by atoms with Gasteiger partial charge in [0.15, 0.2) is 0 Å². The zero-order chi connectivity index (χ0) is 13.1. The van der Waals surface area contributed by atoms with E-state index >= 15 is 0 Å². The summed E-state index contributed by atoms with van der Waals surface area (Å²) in [5, 5.41) is 0. The van der Waals surface area contributed by atoms with E-state index in [2.05, 4.69) is 28.0 Å². The number of rotatable bonds is 4. The summed E-state index contributed by atoms with van der Waals surface area (Å²) in [4.78, 5) is 5.04. The van der Waals surface area contributed by atoms with Crippen LogP contribution in [0.5, 0.6) is 0 Å². The minimum atomic E-state index is 0.783. The number of aryl methyl sites for hydroxylation is 2. The van der Waals surface area contributed by atoms with Crippen LogP contribution in [0, 0.1) is 0 Å². The predicted octanol–water partition coefficient (Wildman–Crippen LogP) is 1.25. The van der Waals surface area contributed by atoms with Gasteiger partial charge in [-0.1, -0.05) is 18.2 Å². The van der Waals surface area contributed by atoms with E-state index in [-0.39, 0.29) is 0 Å². The summed E-state index contributed by atoms with van der Waals surface area (Å²) in [6.07, 6.45) is 3.91. The highest BCUT2D eigenvalue weighted by Crippen LogP contribution is 2.23. The van der Waals surface area contributed by atoms with E-state index in [4.69, 9.17) is 5.73 Å². The van der Waals surface area contributed by atoms with Crippen molar-refractivity contribution in [2.75, 3.05) is 39.3 Å². The van der Waals surface area contributed by atoms with E-state index in [1.54, 1.807) is 11.1 Å². The van der Waals surface area contributed by atoms with Crippen molar-refractivity contribution in [2.45, 2.75) is 25.8 Å². The quantitative estimate of drug-likeness (QED) is 0.883.